The van der Waals surface area contributed by atoms with E-state index in [-0.39, 0.29) is 6.54 Å². The lowest BCUT2D eigenvalue weighted by Crippen LogP contribution is -2.54. The van der Waals surface area contributed by atoms with Crippen molar-refractivity contribution >= 4 is 5.94 Å². The molecule has 0 unspecified atom stereocenters. The molecule has 0 spiro atoms. The van der Waals surface area contributed by atoms with Crippen LogP contribution in [0.5, 0.6) is 0 Å². The van der Waals surface area contributed by atoms with Crippen molar-refractivity contribution in [2.24, 2.45) is 11.5 Å². The molecule has 0 saturated carbocycles. The Hall–Kier alpha value is -1.39. The van der Waals surface area contributed by atoms with Gasteiger partial charge in [0.15, 0.2) is 5.60 Å². The Balaban J connectivity index is 3.21. The summed E-state index contributed by atoms with van der Waals surface area (Å²) in [5.74, 6) is 2.24. The van der Waals surface area contributed by atoms with E-state index in [1.807, 2.05) is 0 Å². The summed E-state index contributed by atoms with van der Waals surface area (Å²) in [5.41, 5.74) is 10.9. The third-order valence-corrected chi connectivity index (χ3v) is 2.66. The van der Waals surface area contributed by atoms with Gasteiger partial charge in [0.25, 0.3) is 0 Å². The topological polar surface area (TPSA) is 87.6 Å². The van der Waals surface area contributed by atoms with Crippen molar-refractivity contribution in [1.82, 2.24) is 0 Å². The smallest absolute Gasteiger partial charge is 0.159 e. The van der Waals surface area contributed by atoms with Crippen molar-refractivity contribution in [2.75, 3.05) is 20.8 Å². The van der Waals surface area contributed by atoms with Gasteiger partial charge in [-0.05, 0) is 18.2 Å². The first kappa shape index (κ1) is 12.7. The molecule has 0 radical (unpaired) electrons. The summed E-state index contributed by atoms with van der Waals surface area (Å²) in [5, 5.41) is 0. The molecule has 4 N–H and O–H groups in total. The summed E-state index contributed by atoms with van der Waals surface area (Å²) in [4.78, 5) is 10.5. The SMILES string of the molecule is COC1=CC(=C=O)C=C[C@@]1(OC)[C@H](N)CN. The maximum atomic E-state index is 10.5. The van der Waals surface area contributed by atoms with Crippen molar-refractivity contribution in [3.05, 3.63) is 29.6 Å². The summed E-state index contributed by atoms with van der Waals surface area (Å²) >= 11 is 0. The zero-order valence-electron chi connectivity index (χ0n) is 9.40. The molecule has 0 bridgehead atoms. The maximum absolute atomic E-state index is 10.5. The number of allylic oxidation sites excluding steroid dienone is 3. The zero-order chi connectivity index (χ0) is 12.2. The molecule has 88 valence electrons. The van der Waals surface area contributed by atoms with Crippen LogP contribution >= 0.6 is 0 Å². The van der Waals surface area contributed by atoms with E-state index >= 15 is 0 Å². The molecule has 0 fully saturated rings. The van der Waals surface area contributed by atoms with Gasteiger partial charge in [-0.3, -0.25) is 0 Å². The van der Waals surface area contributed by atoms with Gasteiger partial charge in [0, 0.05) is 13.7 Å². The van der Waals surface area contributed by atoms with Crippen LogP contribution in [0, 0.1) is 0 Å². The minimum atomic E-state index is -0.913. The highest BCUT2D eigenvalue weighted by Gasteiger charge is 2.40. The second-order valence-electron chi connectivity index (χ2n) is 3.44. The molecule has 0 aliphatic heterocycles. The van der Waals surface area contributed by atoms with E-state index in [4.69, 9.17) is 20.9 Å². The highest BCUT2D eigenvalue weighted by Crippen LogP contribution is 2.31. The van der Waals surface area contributed by atoms with E-state index in [0.29, 0.717) is 11.3 Å². The van der Waals surface area contributed by atoms with Crippen LogP contribution in [0.3, 0.4) is 0 Å². The van der Waals surface area contributed by atoms with Gasteiger partial charge in [-0.2, -0.15) is 0 Å². The number of hydrogen-bond donors (Lipinski definition) is 2. The van der Waals surface area contributed by atoms with Gasteiger partial charge in [0.2, 0.25) is 0 Å². The van der Waals surface area contributed by atoms with Gasteiger partial charge in [-0.15, -0.1) is 0 Å². The van der Waals surface area contributed by atoms with Gasteiger partial charge in [-0.25, -0.2) is 4.79 Å². The van der Waals surface area contributed by atoms with Crippen LogP contribution in [-0.2, 0) is 14.3 Å². The molecule has 5 nitrogen and oxygen atoms in total. The first-order valence-electron chi connectivity index (χ1n) is 4.86. The lowest BCUT2D eigenvalue weighted by atomic mass is 9.86. The Labute approximate surface area is 94.4 Å². The number of hydrogen-bond acceptors (Lipinski definition) is 5. The Kier molecular flexibility index (Phi) is 4.04. The van der Waals surface area contributed by atoms with Gasteiger partial charge in [0.1, 0.15) is 11.7 Å². The quantitative estimate of drug-likeness (QED) is 0.629. The second-order valence-corrected chi connectivity index (χ2v) is 3.44. The van der Waals surface area contributed by atoms with Crippen LogP contribution in [0.2, 0.25) is 0 Å². The van der Waals surface area contributed by atoms with E-state index in [1.54, 1.807) is 24.2 Å². The number of ether oxygens (including phenoxy) is 2. The predicted octanol–water partition coefficient (Wildman–Crippen LogP) is -0.484. The molecule has 0 amide bonds. The summed E-state index contributed by atoms with van der Waals surface area (Å²) in [7, 11) is 3.01. The van der Waals surface area contributed by atoms with Crippen LogP contribution in [-0.4, -0.2) is 38.3 Å². The molecule has 1 aliphatic carbocycles. The van der Waals surface area contributed by atoms with E-state index in [0.717, 1.165) is 0 Å². The average molecular weight is 224 g/mol. The fraction of sp³-hybridized carbons (Fsp3) is 0.455. The lowest BCUT2D eigenvalue weighted by Gasteiger charge is -2.37. The molecule has 0 aromatic heterocycles. The third-order valence-electron chi connectivity index (χ3n) is 2.66. The van der Waals surface area contributed by atoms with E-state index < -0.39 is 11.6 Å². The lowest BCUT2D eigenvalue weighted by molar-refractivity contribution is 0.000287. The van der Waals surface area contributed by atoms with Crippen molar-refractivity contribution in [2.45, 2.75) is 11.6 Å². The van der Waals surface area contributed by atoms with Gasteiger partial charge < -0.3 is 20.9 Å². The molecule has 0 aromatic rings. The molecule has 0 aromatic carbocycles. The zero-order valence-corrected chi connectivity index (χ0v) is 9.40. The van der Waals surface area contributed by atoms with Crippen LogP contribution in [0.1, 0.15) is 0 Å². The Morgan fingerprint density at radius 3 is 2.69 bits per heavy atom. The fourth-order valence-corrected chi connectivity index (χ4v) is 1.68. The van der Waals surface area contributed by atoms with Crippen LogP contribution < -0.4 is 11.5 Å². The molecule has 16 heavy (non-hydrogen) atoms. The monoisotopic (exact) mass is 224 g/mol. The first-order valence-corrected chi connectivity index (χ1v) is 4.86. The van der Waals surface area contributed by atoms with E-state index in [1.165, 1.54) is 14.2 Å². The highest BCUT2D eigenvalue weighted by atomic mass is 16.5. The second kappa shape index (κ2) is 5.09. The van der Waals surface area contributed by atoms with Crippen LogP contribution in [0.4, 0.5) is 0 Å². The van der Waals surface area contributed by atoms with Crippen LogP contribution in [0.25, 0.3) is 0 Å². The normalized spacial score (nSPS) is 26.0. The van der Waals surface area contributed by atoms with Crippen molar-refractivity contribution in [3.63, 3.8) is 0 Å². The van der Waals surface area contributed by atoms with Crippen molar-refractivity contribution in [3.8, 4) is 0 Å². The molecule has 0 heterocycles. The maximum Gasteiger partial charge on any atom is 0.159 e. The summed E-state index contributed by atoms with van der Waals surface area (Å²) in [6, 6.07) is -0.451. The molecular formula is C11H16N2O3. The van der Waals surface area contributed by atoms with Crippen molar-refractivity contribution < 1.29 is 14.3 Å². The summed E-state index contributed by atoms with van der Waals surface area (Å²) in [6.07, 6.45) is 4.81. The van der Waals surface area contributed by atoms with Gasteiger partial charge in [0.05, 0.1) is 18.7 Å². The number of nitrogens with two attached hydrogens (primary N) is 2. The van der Waals surface area contributed by atoms with Gasteiger partial charge in [-0.1, -0.05) is 0 Å². The minimum absolute atomic E-state index is 0.235. The predicted molar refractivity (Wildman–Crippen MR) is 60.2 cm³/mol. The Morgan fingerprint density at radius 1 is 1.56 bits per heavy atom. The van der Waals surface area contributed by atoms with Gasteiger partial charge >= 0.3 is 0 Å². The molecule has 0 saturated heterocycles. The standard InChI is InChI=1S/C11H16N2O3/c1-15-10-5-8(7-14)3-4-11(10,16-2)9(13)6-12/h3-5,9H,6,12-13H2,1-2H3/t9-,11-/m1/s1. The first-order chi connectivity index (χ1) is 7.64. The number of rotatable bonds is 4. The number of methoxy groups -OCH3 is 2. The van der Waals surface area contributed by atoms with E-state index in [2.05, 4.69) is 0 Å². The molecule has 5 heteroatoms. The molecule has 1 rings (SSSR count). The minimum Gasteiger partial charge on any atom is -0.498 e. The Morgan fingerprint density at radius 2 is 2.25 bits per heavy atom. The molecule has 2 atom stereocenters. The average Bonchev–Trinajstić information content (AvgIpc) is 2.36. The summed E-state index contributed by atoms with van der Waals surface area (Å²) in [6.45, 7) is 0.235. The highest BCUT2D eigenvalue weighted by molar-refractivity contribution is 5.65. The molecular weight excluding hydrogens is 208 g/mol. The molecule has 1 aliphatic rings. The number of carbonyl (C=O) groups excluding carboxylic acids is 1. The third kappa shape index (κ3) is 1.94. The Bertz CT molecular complexity index is 369. The van der Waals surface area contributed by atoms with Crippen LogP contribution in [0.15, 0.2) is 29.6 Å². The van der Waals surface area contributed by atoms with Crippen molar-refractivity contribution in [1.29, 1.82) is 0 Å². The largest absolute Gasteiger partial charge is 0.498 e. The van der Waals surface area contributed by atoms with E-state index in [9.17, 15) is 4.79 Å². The fourth-order valence-electron chi connectivity index (χ4n) is 1.68. The summed E-state index contributed by atoms with van der Waals surface area (Å²) < 4.78 is 10.6.